The van der Waals surface area contributed by atoms with E-state index in [1.54, 1.807) is 6.08 Å². The van der Waals surface area contributed by atoms with Crippen LogP contribution in [0.3, 0.4) is 0 Å². The molecule has 1 amide bonds. The molecule has 130 valence electrons. The Morgan fingerprint density at radius 2 is 2.25 bits per heavy atom. The minimum atomic E-state index is -0.542. The predicted molar refractivity (Wildman–Crippen MR) is 103 cm³/mol. The molecule has 0 saturated carbocycles. The average Bonchev–Trinajstić information content (AvgIpc) is 2.74. The molecule has 3 N–H and O–H groups in total. The largest absolute Gasteiger partial charge is 0.444 e. The maximum Gasteiger partial charge on any atom is 0.407 e. The highest BCUT2D eigenvalue weighted by Crippen LogP contribution is 2.25. The molecule has 1 unspecified atom stereocenters. The van der Waals surface area contributed by atoms with Crippen molar-refractivity contribution in [2.24, 2.45) is 0 Å². The van der Waals surface area contributed by atoms with E-state index in [0.717, 1.165) is 14.6 Å². The number of fused-ring (bicyclic) bond motifs is 1. The van der Waals surface area contributed by atoms with Crippen LogP contribution in [0, 0.1) is 3.57 Å². The number of halogens is 1. The molecule has 2 aromatic heterocycles. The monoisotopic (exact) mass is 443 g/mol. The van der Waals surface area contributed by atoms with Crippen molar-refractivity contribution in [3.63, 3.8) is 0 Å². The first-order valence-electron chi connectivity index (χ1n) is 7.56. The van der Waals surface area contributed by atoms with Crippen molar-refractivity contribution in [1.29, 1.82) is 0 Å². The van der Waals surface area contributed by atoms with Crippen LogP contribution >= 0.6 is 22.6 Å². The maximum atomic E-state index is 12.0. The van der Waals surface area contributed by atoms with Gasteiger partial charge in [0.05, 0.1) is 11.4 Å². The van der Waals surface area contributed by atoms with E-state index < -0.39 is 11.7 Å². The number of nitrogens with two attached hydrogens (primary N) is 1. The molecule has 0 aliphatic rings. The van der Waals surface area contributed by atoms with Gasteiger partial charge in [0.25, 0.3) is 0 Å². The maximum absolute atomic E-state index is 12.0. The number of hydrogen-bond donors (Lipinski definition) is 2. The number of alkyl carbamates (subject to hydrolysis) is 1. The van der Waals surface area contributed by atoms with Crippen LogP contribution < -0.4 is 11.1 Å². The summed E-state index contributed by atoms with van der Waals surface area (Å²) < 4.78 is 8.25. The van der Waals surface area contributed by atoms with Crippen molar-refractivity contribution in [2.75, 3.05) is 5.73 Å². The van der Waals surface area contributed by atoms with Crippen LogP contribution in [0.25, 0.3) is 11.0 Å². The second-order valence-electron chi connectivity index (χ2n) is 6.45. The highest BCUT2D eigenvalue weighted by atomic mass is 127. The molecule has 2 heterocycles. The van der Waals surface area contributed by atoms with Crippen molar-refractivity contribution < 1.29 is 9.53 Å². The molecule has 7 nitrogen and oxygen atoms in total. The molecule has 2 rings (SSSR count). The molecule has 24 heavy (non-hydrogen) atoms. The predicted octanol–water partition coefficient (Wildman–Crippen LogP) is 3.09. The Hall–Kier alpha value is -1.84. The zero-order valence-electron chi connectivity index (χ0n) is 14.0. The number of aromatic nitrogens is 3. The van der Waals surface area contributed by atoms with E-state index in [0.29, 0.717) is 18.8 Å². The molecular weight excluding hydrogens is 421 g/mol. The minimum absolute atomic E-state index is 0.167. The number of hydrogen-bond acceptors (Lipinski definition) is 5. The summed E-state index contributed by atoms with van der Waals surface area (Å²) >= 11 is 2.20. The second kappa shape index (κ2) is 7.37. The van der Waals surface area contributed by atoms with Crippen LogP contribution in [0.1, 0.15) is 27.2 Å². The Morgan fingerprint density at radius 1 is 1.54 bits per heavy atom. The number of rotatable bonds is 5. The lowest BCUT2D eigenvalue weighted by Crippen LogP contribution is -2.41. The van der Waals surface area contributed by atoms with Gasteiger partial charge in [0, 0.05) is 16.3 Å². The fourth-order valence-corrected chi connectivity index (χ4v) is 3.18. The van der Waals surface area contributed by atoms with E-state index in [4.69, 9.17) is 10.5 Å². The summed E-state index contributed by atoms with van der Waals surface area (Å²) in [6, 6.07) is -0.167. The normalized spacial score (nSPS) is 12.8. The first-order valence-corrected chi connectivity index (χ1v) is 8.64. The lowest BCUT2D eigenvalue weighted by atomic mass is 10.2. The summed E-state index contributed by atoms with van der Waals surface area (Å²) in [5.74, 6) is 0.448. The summed E-state index contributed by atoms with van der Waals surface area (Å²) in [7, 11) is 0. The highest BCUT2D eigenvalue weighted by Gasteiger charge is 2.20. The quantitative estimate of drug-likeness (QED) is 0.547. The Labute approximate surface area is 154 Å². The minimum Gasteiger partial charge on any atom is -0.444 e. The number of anilines is 1. The van der Waals surface area contributed by atoms with E-state index in [-0.39, 0.29) is 6.04 Å². The number of nitrogens with zero attached hydrogens (tertiary/aromatic N) is 3. The summed E-state index contributed by atoms with van der Waals surface area (Å²) in [6.07, 6.45) is 5.31. The molecule has 0 spiro atoms. The molecule has 0 aliphatic heterocycles. The fourth-order valence-electron chi connectivity index (χ4n) is 2.33. The first-order chi connectivity index (χ1) is 11.2. The zero-order chi connectivity index (χ0) is 17.9. The van der Waals surface area contributed by atoms with Crippen LogP contribution in [-0.2, 0) is 11.3 Å². The molecule has 1 atom stereocenters. The van der Waals surface area contributed by atoms with Crippen LogP contribution in [0.2, 0.25) is 0 Å². The number of nitrogen functional groups attached to an aromatic ring is 1. The zero-order valence-corrected chi connectivity index (χ0v) is 16.2. The SMILES string of the molecule is C=CCC(Cn1cc(I)c2c(N)ncnc21)NC(=O)OC(C)(C)C. The van der Waals surface area contributed by atoms with E-state index >= 15 is 0 Å². The van der Waals surface area contributed by atoms with Crippen molar-refractivity contribution in [2.45, 2.75) is 45.4 Å². The molecule has 0 aromatic carbocycles. The summed E-state index contributed by atoms with van der Waals surface area (Å²) in [6.45, 7) is 9.78. The van der Waals surface area contributed by atoms with Gasteiger partial charge in [-0.1, -0.05) is 6.08 Å². The van der Waals surface area contributed by atoms with Gasteiger partial charge in [-0.2, -0.15) is 0 Å². The smallest absolute Gasteiger partial charge is 0.407 e. The Morgan fingerprint density at radius 3 is 2.88 bits per heavy atom. The number of amides is 1. The van der Waals surface area contributed by atoms with Gasteiger partial charge in [0.1, 0.15) is 23.4 Å². The van der Waals surface area contributed by atoms with E-state index in [9.17, 15) is 4.79 Å². The van der Waals surface area contributed by atoms with Gasteiger partial charge >= 0.3 is 6.09 Å². The van der Waals surface area contributed by atoms with Crippen molar-refractivity contribution in [1.82, 2.24) is 19.9 Å². The lowest BCUT2D eigenvalue weighted by molar-refractivity contribution is 0.0500. The van der Waals surface area contributed by atoms with Gasteiger partial charge < -0.3 is 20.4 Å². The van der Waals surface area contributed by atoms with Gasteiger partial charge in [-0.3, -0.25) is 0 Å². The van der Waals surface area contributed by atoms with E-state index in [1.165, 1.54) is 6.33 Å². The van der Waals surface area contributed by atoms with Gasteiger partial charge in [-0.25, -0.2) is 14.8 Å². The third kappa shape index (κ3) is 4.59. The molecule has 8 heteroatoms. The molecule has 0 aliphatic carbocycles. The van der Waals surface area contributed by atoms with Gasteiger partial charge in [-0.05, 0) is 49.8 Å². The Bertz CT molecular complexity index is 751. The van der Waals surface area contributed by atoms with Crippen LogP contribution in [0.5, 0.6) is 0 Å². The van der Waals surface area contributed by atoms with Crippen molar-refractivity contribution in [3.8, 4) is 0 Å². The van der Waals surface area contributed by atoms with Crippen LogP contribution in [0.4, 0.5) is 10.6 Å². The standard InChI is InChI=1S/C16H22IN5O2/c1-5-6-10(21-15(23)24-16(2,3)4)7-22-8-11(17)12-13(18)19-9-20-14(12)22/h5,8-10H,1,6-7H2,2-4H3,(H,21,23)(H2,18,19,20). The molecule has 2 aromatic rings. The Kier molecular flexibility index (Phi) is 5.68. The third-order valence-corrected chi connectivity index (χ3v) is 4.04. The molecule has 0 radical (unpaired) electrons. The summed E-state index contributed by atoms with van der Waals surface area (Å²) in [5, 5.41) is 3.71. The van der Waals surface area contributed by atoms with Crippen molar-refractivity contribution >= 4 is 45.5 Å². The van der Waals surface area contributed by atoms with E-state index in [1.807, 2.05) is 31.5 Å². The molecular formula is C16H22IN5O2. The first kappa shape index (κ1) is 18.5. The fraction of sp³-hybridized carbons (Fsp3) is 0.438. The molecule has 0 saturated heterocycles. The number of carbonyl (C=O) groups is 1. The highest BCUT2D eigenvalue weighted by molar-refractivity contribution is 14.1. The second-order valence-corrected chi connectivity index (χ2v) is 7.62. The molecule has 0 fully saturated rings. The number of carbonyl (C=O) groups excluding carboxylic acids is 1. The van der Waals surface area contributed by atoms with Crippen LogP contribution in [0.15, 0.2) is 25.2 Å². The van der Waals surface area contributed by atoms with Gasteiger partial charge in [0.2, 0.25) is 0 Å². The number of ether oxygens (including phenoxy) is 1. The summed E-state index contributed by atoms with van der Waals surface area (Å²) in [5.41, 5.74) is 6.14. The van der Waals surface area contributed by atoms with Crippen molar-refractivity contribution in [3.05, 3.63) is 28.7 Å². The lowest BCUT2D eigenvalue weighted by Gasteiger charge is -2.23. The van der Waals surface area contributed by atoms with Gasteiger partial charge in [-0.15, -0.1) is 6.58 Å². The Balaban J connectivity index is 2.21. The topological polar surface area (TPSA) is 95.1 Å². The van der Waals surface area contributed by atoms with E-state index in [2.05, 4.69) is 44.5 Å². The van der Waals surface area contributed by atoms with Gasteiger partial charge in [0.15, 0.2) is 0 Å². The summed E-state index contributed by atoms with van der Waals surface area (Å²) in [4.78, 5) is 20.4. The average molecular weight is 443 g/mol. The number of nitrogens with one attached hydrogen (secondary N) is 1. The molecule has 0 bridgehead atoms. The van der Waals surface area contributed by atoms with Crippen LogP contribution in [-0.4, -0.2) is 32.3 Å². The third-order valence-electron chi connectivity index (χ3n) is 3.23.